The molecule has 0 bridgehead atoms. The summed E-state index contributed by atoms with van der Waals surface area (Å²) in [7, 11) is 2.08. The predicted octanol–water partition coefficient (Wildman–Crippen LogP) is 3.36. The van der Waals surface area contributed by atoms with Gasteiger partial charge in [-0.3, -0.25) is 0 Å². The first kappa shape index (κ1) is 13.4. The van der Waals surface area contributed by atoms with Crippen LogP contribution in [0.4, 0.5) is 0 Å². The number of likely N-dealkylation sites (N-methyl/N-ethyl adjacent to an activating group) is 1. The van der Waals surface area contributed by atoms with Crippen molar-refractivity contribution in [2.24, 2.45) is 11.8 Å². The molecule has 0 aromatic carbocycles. The number of nitrogens with one attached hydrogen (secondary N) is 1. The van der Waals surface area contributed by atoms with Gasteiger partial charge >= 0.3 is 0 Å². The van der Waals surface area contributed by atoms with Crippen molar-refractivity contribution in [1.29, 1.82) is 0 Å². The fourth-order valence-corrected chi connectivity index (χ4v) is 3.56. The van der Waals surface area contributed by atoms with Gasteiger partial charge in [0.2, 0.25) is 0 Å². The maximum absolute atomic E-state index is 6.41. The van der Waals surface area contributed by atoms with Crippen LogP contribution in [0.2, 0.25) is 0 Å². The van der Waals surface area contributed by atoms with Gasteiger partial charge in [-0.1, -0.05) is 26.7 Å². The minimum atomic E-state index is 0.457. The summed E-state index contributed by atoms with van der Waals surface area (Å²) in [5.41, 5.74) is 0. The van der Waals surface area contributed by atoms with Crippen LogP contribution < -0.4 is 5.32 Å². The lowest BCUT2D eigenvalue weighted by atomic mass is 9.84. The summed E-state index contributed by atoms with van der Waals surface area (Å²) in [6, 6.07) is 0.587. The van der Waals surface area contributed by atoms with Gasteiger partial charge in [0.05, 0.1) is 12.2 Å². The van der Waals surface area contributed by atoms with E-state index in [-0.39, 0.29) is 0 Å². The van der Waals surface area contributed by atoms with E-state index in [4.69, 9.17) is 4.74 Å². The van der Waals surface area contributed by atoms with E-state index in [9.17, 15) is 0 Å². The normalized spacial score (nSPS) is 43.6. The van der Waals surface area contributed by atoms with Gasteiger partial charge in [0, 0.05) is 6.04 Å². The van der Waals surface area contributed by atoms with Crippen LogP contribution in [0, 0.1) is 11.8 Å². The van der Waals surface area contributed by atoms with E-state index in [1.807, 2.05) is 0 Å². The molecular weight excluding hydrogens is 210 g/mol. The second-order valence-corrected chi connectivity index (χ2v) is 6.38. The van der Waals surface area contributed by atoms with Gasteiger partial charge in [-0.05, 0) is 51.0 Å². The largest absolute Gasteiger partial charge is 0.373 e. The molecule has 2 fully saturated rings. The van der Waals surface area contributed by atoms with Gasteiger partial charge in [0.15, 0.2) is 0 Å². The first-order chi connectivity index (χ1) is 8.19. The van der Waals surface area contributed by atoms with Crippen LogP contribution in [0.1, 0.15) is 58.8 Å². The van der Waals surface area contributed by atoms with E-state index in [0.29, 0.717) is 18.2 Å². The first-order valence-corrected chi connectivity index (χ1v) is 7.51. The Balaban J connectivity index is 1.86. The minimum Gasteiger partial charge on any atom is -0.373 e. The summed E-state index contributed by atoms with van der Waals surface area (Å²) in [5.74, 6) is 1.70. The van der Waals surface area contributed by atoms with Crippen LogP contribution in [0.3, 0.4) is 0 Å². The quantitative estimate of drug-likeness (QED) is 0.815. The molecule has 1 N–H and O–H groups in total. The third kappa shape index (κ3) is 3.69. The molecule has 0 amide bonds. The molecule has 0 radical (unpaired) electrons. The summed E-state index contributed by atoms with van der Waals surface area (Å²) in [4.78, 5) is 0. The van der Waals surface area contributed by atoms with E-state index in [2.05, 4.69) is 26.2 Å². The molecule has 0 aromatic heterocycles. The highest BCUT2D eigenvalue weighted by Gasteiger charge is 2.31. The van der Waals surface area contributed by atoms with Crippen molar-refractivity contribution in [1.82, 2.24) is 5.32 Å². The number of hydrogen-bond donors (Lipinski definition) is 1. The van der Waals surface area contributed by atoms with Gasteiger partial charge in [-0.15, -0.1) is 0 Å². The number of hydrogen-bond acceptors (Lipinski definition) is 2. The Hall–Kier alpha value is -0.0800. The van der Waals surface area contributed by atoms with Crippen LogP contribution in [0.15, 0.2) is 0 Å². The predicted molar refractivity (Wildman–Crippen MR) is 72.2 cm³/mol. The lowest BCUT2D eigenvalue weighted by Gasteiger charge is -2.38. The molecule has 2 heteroatoms. The van der Waals surface area contributed by atoms with Crippen LogP contribution in [-0.2, 0) is 4.74 Å². The standard InChI is InChI=1S/C15H29NO/c1-11-5-4-6-13(9-11)17-15-10-12(2)7-8-14(15)16-3/h11-16H,4-10H2,1-3H3. The fourth-order valence-electron chi connectivity index (χ4n) is 3.56. The Morgan fingerprint density at radius 3 is 2.41 bits per heavy atom. The molecule has 0 aliphatic heterocycles. The fraction of sp³-hybridized carbons (Fsp3) is 1.00. The first-order valence-electron chi connectivity index (χ1n) is 7.51. The smallest absolute Gasteiger partial charge is 0.0734 e. The molecule has 2 rings (SSSR count). The van der Waals surface area contributed by atoms with Crippen LogP contribution in [0.5, 0.6) is 0 Å². The molecule has 0 spiro atoms. The van der Waals surface area contributed by atoms with Crippen molar-refractivity contribution in [3.05, 3.63) is 0 Å². The molecule has 0 aromatic rings. The highest BCUT2D eigenvalue weighted by Crippen LogP contribution is 2.31. The summed E-state index contributed by atoms with van der Waals surface area (Å²) < 4.78 is 6.41. The molecular formula is C15H29NO. The molecule has 0 saturated heterocycles. The SMILES string of the molecule is CNC1CCC(C)CC1OC1CCCC(C)C1. The third-order valence-electron chi connectivity index (χ3n) is 4.68. The van der Waals surface area contributed by atoms with Crippen molar-refractivity contribution in [2.45, 2.75) is 77.0 Å². The summed E-state index contributed by atoms with van der Waals surface area (Å²) >= 11 is 0. The Labute approximate surface area is 107 Å². The van der Waals surface area contributed by atoms with Crippen molar-refractivity contribution >= 4 is 0 Å². The van der Waals surface area contributed by atoms with E-state index in [1.54, 1.807) is 0 Å². The molecule has 100 valence electrons. The minimum absolute atomic E-state index is 0.457. The third-order valence-corrected chi connectivity index (χ3v) is 4.68. The topological polar surface area (TPSA) is 21.3 Å². The Bertz CT molecular complexity index is 231. The molecule has 2 saturated carbocycles. The highest BCUT2D eigenvalue weighted by molar-refractivity contribution is 4.85. The second kappa shape index (κ2) is 6.19. The van der Waals surface area contributed by atoms with E-state index in [1.165, 1.54) is 44.9 Å². The highest BCUT2D eigenvalue weighted by atomic mass is 16.5. The summed E-state index contributed by atoms with van der Waals surface area (Å²) in [6.07, 6.45) is 10.2. The Morgan fingerprint density at radius 2 is 1.71 bits per heavy atom. The Kier molecular flexibility index (Phi) is 4.87. The summed E-state index contributed by atoms with van der Waals surface area (Å²) in [5, 5.41) is 3.45. The maximum Gasteiger partial charge on any atom is 0.0734 e. The van der Waals surface area contributed by atoms with Crippen molar-refractivity contribution < 1.29 is 4.74 Å². The Morgan fingerprint density at radius 1 is 0.941 bits per heavy atom. The lowest BCUT2D eigenvalue weighted by Crippen LogP contribution is -2.45. The zero-order valence-electron chi connectivity index (χ0n) is 11.7. The average Bonchev–Trinajstić information content (AvgIpc) is 2.29. The van der Waals surface area contributed by atoms with Crippen LogP contribution in [0.25, 0.3) is 0 Å². The van der Waals surface area contributed by atoms with Crippen molar-refractivity contribution in [3.8, 4) is 0 Å². The van der Waals surface area contributed by atoms with Crippen molar-refractivity contribution in [2.75, 3.05) is 7.05 Å². The molecule has 5 unspecified atom stereocenters. The zero-order valence-corrected chi connectivity index (χ0v) is 11.7. The molecule has 17 heavy (non-hydrogen) atoms. The van der Waals surface area contributed by atoms with Gasteiger partial charge in [0.1, 0.15) is 0 Å². The van der Waals surface area contributed by atoms with Crippen molar-refractivity contribution in [3.63, 3.8) is 0 Å². The number of ether oxygens (including phenoxy) is 1. The van der Waals surface area contributed by atoms with Gasteiger partial charge < -0.3 is 10.1 Å². The van der Waals surface area contributed by atoms with Gasteiger partial charge in [-0.25, -0.2) is 0 Å². The van der Waals surface area contributed by atoms with Crippen LogP contribution >= 0.6 is 0 Å². The lowest BCUT2D eigenvalue weighted by molar-refractivity contribution is -0.0735. The van der Waals surface area contributed by atoms with Crippen LogP contribution in [-0.4, -0.2) is 25.3 Å². The molecule has 5 atom stereocenters. The van der Waals surface area contributed by atoms with E-state index < -0.39 is 0 Å². The molecule has 0 heterocycles. The molecule has 2 nitrogen and oxygen atoms in total. The monoisotopic (exact) mass is 239 g/mol. The second-order valence-electron chi connectivity index (χ2n) is 6.38. The molecule has 2 aliphatic carbocycles. The zero-order chi connectivity index (χ0) is 12.3. The molecule has 2 aliphatic rings. The van der Waals surface area contributed by atoms with Gasteiger partial charge in [-0.2, -0.15) is 0 Å². The van der Waals surface area contributed by atoms with E-state index in [0.717, 1.165) is 11.8 Å². The van der Waals surface area contributed by atoms with E-state index >= 15 is 0 Å². The summed E-state index contributed by atoms with van der Waals surface area (Å²) in [6.45, 7) is 4.74. The maximum atomic E-state index is 6.41. The average molecular weight is 239 g/mol. The van der Waals surface area contributed by atoms with Gasteiger partial charge in [0.25, 0.3) is 0 Å². The number of rotatable bonds is 3.